The number of carbonyl (C=O) groups is 1. The molecule has 1 atom stereocenters. The molecule has 0 fully saturated rings. The van der Waals surface area contributed by atoms with Gasteiger partial charge in [-0.25, -0.2) is 4.39 Å². The van der Waals surface area contributed by atoms with E-state index in [1.54, 1.807) is 6.07 Å². The van der Waals surface area contributed by atoms with Crippen LogP contribution in [-0.2, 0) is 12.8 Å². The second-order valence-corrected chi connectivity index (χ2v) is 5.47. The highest BCUT2D eigenvalue weighted by Gasteiger charge is 2.41. The van der Waals surface area contributed by atoms with Crippen molar-refractivity contribution < 1.29 is 9.18 Å². The fourth-order valence-corrected chi connectivity index (χ4v) is 2.96. The zero-order valence-corrected chi connectivity index (χ0v) is 11.3. The number of alkyl halides is 1. The molecular formula is C18H17FO. The van der Waals surface area contributed by atoms with Gasteiger partial charge in [0.05, 0.1) is 0 Å². The predicted molar refractivity (Wildman–Crippen MR) is 77.7 cm³/mol. The second-order valence-electron chi connectivity index (χ2n) is 5.47. The summed E-state index contributed by atoms with van der Waals surface area (Å²) in [4.78, 5) is 12.6. The van der Waals surface area contributed by atoms with Gasteiger partial charge in [0.2, 0.25) is 5.78 Å². The highest BCUT2D eigenvalue weighted by Crippen LogP contribution is 2.33. The van der Waals surface area contributed by atoms with Gasteiger partial charge in [-0.1, -0.05) is 54.6 Å². The van der Waals surface area contributed by atoms with Crippen LogP contribution in [0.1, 0.15) is 34.3 Å². The number of benzene rings is 2. The first kappa shape index (κ1) is 13.0. The number of fused-ring (bicyclic) bond motifs is 1. The Morgan fingerprint density at radius 3 is 2.50 bits per heavy atom. The Morgan fingerprint density at radius 1 is 1.00 bits per heavy atom. The van der Waals surface area contributed by atoms with E-state index < -0.39 is 5.67 Å². The van der Waals surface area contributed by atoms with Gasteiger partial charge in [-0.2, -0.15) is 0 Å². The summed E-state index contributed by atoms with van der Waals surface area (Å²) in [6.45, 7) is 0. The minimum Gasteiger partial charge on any atom is -0.291 e. The summed E-state index contributed by atoms with van der Waals surface area (Å²) < 4.78 is 15.2. The summed E-state index contributed by atoms with van der Waals surface area (Å²) in [5, 5.41) is 0. The number of carbonyl (C=O) groups excluding carboxylic acids is 1. The minimum atomic E-state index is -1.77. The molecule has 0 unspecified atom stereocenters. The number of aryl methyl sites for hydroxylation is 1. The Balaban J connectivity index is 1.95. The zero-order valence-electron chi connectivity index (χ0n) is 11.3. The Kier molecular flexibility index (Phi) is 3.39. The molecule has 1 nitrogen and oxygen atoms in total. The number of halogens is 1. The number of hydrogen-bond donors (Lipinski definition) is 0. The molecule has 3 rings (SSSR count). The van der Waals surface area contributed by atoms with Crippen molar-refractivity contribution in [3.05, 3.63) is 71.3 Å². The maximum atomic E-state index is 15.2. The lowest BCUT2D eigenvalue weighted by Gasteiger charge is -2.22. The highest BCUT2D eigenvalue weighted by molar-refractivity contribution is 6.04. The van der Waals surface area contributed by atoms with E-state index in [4.69, 9.17) is 0 Å². The molecule has 102 valence electrons. The van der Waals surface area contributed by atoms with Crippen molar-refractivity contribution in [1.82, 2.24) is 0 Å². The minimum absolute atomic E-state index is 0.168. The smallest absolute Gasteiger partial charge is 0.200 e. The lowest BCUT2D eigenvalue weighted by molar-refractivity contribution is 0.0663. The Morgan fingerprint density at radius 2 is 1.70 bits per heavy atom. The van der Waals surface area contributed by atoms with Gasteiger partial charge in [0.1, 0.15) is 0 Å². The standard InChI is InChI=1S/C18H17FO/c19-18(13-14-7-2-1-3-8-14)12-6-10-15-9-4-5-11-16(15)17(18)20/h1-5,7-9,11H,6,10,12-13H2/t18-/m0/s1. The quantitative estimate of drug-likeness (QED) is 0.748. The van der Waals surface area contributed by atoms with Crippen LogP contribution in [0.4, 0.5) is 4.39 Å². The van der Waals surface area contributed by atoms with Gasteiger partial charge in [-0.15, -0.1) is 0 Å². The lowest BCUT2D eigenvalue weighted by Crippen LogP contribution is -2.35. The molecule has 2 aromatic carbocycles. The highest BCUT2D eigenvalue weighted by atomic mass is 19.1. The Bertz CT molecular complexity index is 620. The largest absolute Gasteiger partial charge is 0.291 e. The molecule has 0 bridgehead atoms. The summed E-state index contributed by atoms with van der Waals surface area (Å²) in [5.41, 5.74) is 0.643. The van der Waals surface area contributed by atoms with Crippen LogP contribution < -0.4 is 0 Å². The molecule has 0 saturated carbocycles. The van der Waals surface area contributed by atoms with Crippen molar-refractivity contribution in [1.29, 1.82) is 0 Å². The van der Waals surface area contributed by atoms with Crippen LogP contribution in [0, 0.1) is 0 Å². The molecule has 0 radical (unpaired) electrons. The van der Waals surface area contributed by atoms with E-state index in [1.165, 1.54) is 0 Å². The van der Waals surface area contributed by atoms with E-state index in [0.29, 0.717) is 18.4 Å². The molecule has 0 aromatic heterocycles. The molecule has 0 spiro atoms. The van der Waals surface area contributed by atoms with E-state index in [9.17, 15) is 4.79 Å². The van der Waals surface area contributed by atoms with Crippen molar-refractivity contribution in [3.8, 4) is 0 Å². The fraction of sp³-hybridized carbons (Fsp3) is 0.278. The fourth-order valence-electron chi connectivity index (χ4n) is 2.96. The van der Waals surface area contributed by atoms with Crippen LogP contribution >= 0.6 is 0 Å². The van der Waals surface area contributed by atoms with E-state index in [1.807, 2.05) is 48.5 Å². The molecule has 1 aliphatic carbocycles. The summed E-state index contributed by atoms with van der Waals surface area (Å²) in [7, 11) is 0. The first-order valence-corrected chi connectivity index (χ1v) is 7.05. The molecule has 0 aliphatic heterocycles. The molecule has 0 amide bonds. The molecule has 0 saturated heterocycles. The van der Waals surface area contributed by atoms with Crippen molar-refractivity contribution in [3.63, 3.8) is 0 Å². The third-order valence-corrected chi connectivity index (χ3v) is 4.02. The third-order valence-electron chi connectivity index (χ3n) is 4.02. The Hall–Kier alpha value is -1.96. The molecule has 20 heavy (non-hydrogen) atoms. The van der Waals surface area contributed by atoms with E-state index in [0.717, 1.165) is 17.5 Å². The molecule has 2 aromatic rings. The number of Topliss-reactive ketones (excluding diaryl/α,β-unsaturated/α-hetero) is 1. The molecular weight excluding hydrogens is 251 g/mol. The van der Waals surface area contributed by atoms with Crippen LogP contribution in [0.15, 0.2) is 54.6 Å². The van der Waals surface area contributed by atoms with Gasteiger partial charge in [-0.3, -0.25) is 4.79 Å². The SMILES string of the molecule is O=C1c2ccccc2CCC[C@]1(F)Cc1ccccc1. The summed E-state index contributed by atoms with van der Waals surface area (Å²) in [5.74, 6) is -0.352. The van der Waals surface area contributed by atoms with Gasteiger partial charge in [-0.05, 0) is 30.4 Å². The summed E-state index contributed by atoms with van der Waals surface area (Å²) >= 11 is 0. The first-order valence-electron chi connectivity index (χ1n) is 7.05. The molecule has 0 heterocycles. The molecule has 2 heteroatoms. The third kappa shape index (κ3) is 2.38. The van der Waals surface area contributed by atoms with Gasteiger partial charge in [0, 0.05) is 12.0 Å². The van der Waals surface area contributed by atoms with Gasteiger partial charge >= 0.3 is 0 Å². The van der Waals surface area contributed by atoms with Crippen LogP contribution in [0.25, 0.3) is 0 Å². The maximum Gasteiger partial charge on any atom is 0.200 e. The average Bonchev–Trinajstić information content (AvgIpc) is 2.59. The van der Waals surface area contributed by atoms with Crippen LogP contribution in [0.3, 0.4) is 0 Å². The van der Waals surface area contributed by atoms with Crippen molar-refractivity contribution >= 4 is 5.78 Å². The van der Waals surface area contributed by atoms with Crippen LogP contribution in [-0.4, -0.2) is 11.5 Å². The topological polar surface area (TPSA) is 17.1 Å². The predicted octanol–water partition coefficient (Wildman–Crippen LogP) is 4.16. The van der Waals surface area contributed by atoms with Crippen molar-refractivity contribution in [2.45, 2.75) is 31.4 Å². The number of rotatable bonds is 2. The number of ketones is 1. The van der Waals surface area contributed by atoms with Crippen LogP contribution in [0.5, 0.6) is 0 Å². The average molecular weight is 268 g/mol. The molecule has 0 N–H and O–H groups in total. The first-order chi connectivity index (χ1) is 9.69. The normalized spacial score (nSPS) is 22.1. The van der Waals surface area contributed by atoms with E-state index in [2.05, 4.69) is 0 Å². The molecule has 1 aliphatic rings. The van der Waals surface area contributed by atoms with Gasteiger partial charge < -0.3 is 0 Å². The van der Waals surface area contributed by atoms with Crippen LogP contribution in [0.2, 0.25) is 0 Å². The lowest BCUT2D eigenvalue weighted by atomic mass is 9.86. The van der Waals surface area contributed by atoms with E-state index >= 15 is 4.39 Å². The van der Waals surface area contributed by atoms with Gasteiger partial charge in [0.25, 0.3) is 0 Å². The van der Waals surface area contributed by atoms with E-state index in [-0.39, 0.29) is 12.2 Å². The summed E-state index contributed by atoms with van der Waals surface area (Å²) in [6, 6.07) is 16.8. The van der Waals surface area contributed by atoms with Gasteiger partial charge in [0.15, 0.2) is 5.67 Å². The number of hydrogen-bond acceptors (Lipinski definition) is 1. The monoisotopic (exact) mass is 268 g/mol. The zero-order chi connectivity index (χ0) is 14.0. The van der Waals surface area contributed by atoms with Crippen molar-refractivity contribution in [2.24, 2.45) is 0 Å². The summed E-state index contributed by atoms with van der Waals surface area (Å²) in [6.07, 6.45) is 1.96. The van der Waals surface area contributed by atoms with Crippen molar-refractivity contribution in [2.75, 3.05) is 0 Å². The Labute approximate surface area is 118 Å². The maximum absolute atomic E-state index is 15.2. The second kappa shape index (κ2) is 5.20.